The number of aromatic nitrogens is 2. The van der Waals surface area contributed by atoms with Gasteiger partial charge >= 0.3 is 5.97 Å². The fourth-order valence-electron chi connectivity index (χ4n) is 4.91. The molecule has 208 valence electrons. The number of nitrogens with one attached hydrogen (secondary N) is 1. The summed E-state index contributed by atoms with van der Waals surface area (Å²) >= 11 is 6.15. The summed E-state index contributed by atoms with van der Waals surface area (Å²) < 4.78 is 37.0. The molecule has 12 heteroatoms. The molecule has 1 aromatic heterocycles. The van der Waals surface area contributed by atoms with Crippen LogP contribution in [0.4, 0.5) is 5.69 Å². The van der Waals surface area contributed by atoms with Crippen LogP contribution in [0.2, 0.25) is 5.02 Å². The number of nitrogens with zero attached hydrogens (tertiary/aromatic N) is 3. The molecule has 1 aliphatic heterocycles. The van der Waals surface area contributed by atoms with Gasteiger partial charge in [-0.15, -0.1) is 0 Å². The molecule has 1 saturated heterocycles. The van der Waals surface area contributed by atoms with Crippen LogP contribution in [0.3, 0.4) is 0 Å². The zero-order valence-corrected chi connectivity index (χ0v) is 23.8. The van der Waals surface area contributed by atoms with Crippen LogP contribution in [0.5, 0.6) is 0 Å². The van der Waals surface area contributed by atoms with Crippen molar-refractivity contribution in [3.8, 4) is 5.69 Å². The molecule has 39 heavy (non-hydrogen) atoms. The third kappa shape index (κ3) is 5.89. The zero-order valence-electron chi connectivity index (χ0n) is 22.2. The van der Waals surface area contributed by atoms with Crippen molar-refractivity contribution in [2.24, 2.45) is 7.05 Å². The number of likely N-dealkylation sites (tertiary alicyclic amines) is 1. The number of carbonyl (C=O) groups is 2. The lowest BCUT2D eigenvalue weighted by atomic mass is 9.97. The van der Waals surface area contributed by atoms with Crippen LogP contribution < -0.4 is 10.3 Å². The van der Waals surface area contributed by atoms with Gasteiger partial charge < -0.3 is 9.64 Å². The molecule has 0 bridgehead atoms. The molecule has 2 heterocycles. The van der Waals surface area contributed by atoms with Gasteiger partial charge in [-0.2, -0.15) is 0 Å². The first kappa shape index (κ1) is 28.4. The molecule has 0 spiro atoms. The fraction of sp³-hybridized carbons (Fsp3) is 0.370. The van der Waals surface area contributed by atoms with E-state index in [9.17, 15) is 22.8 Å². The number of hydrogen-bond donors (Lipinski definition) is 1. The molecular formula is C27H31ClN4O6S. The maximum Gasteiger partial charge on any atom is 0.338 e. The Kier molecular flexibility index (Phi) is 8.22. The second-order valence-electron chi connectivity index (χ2n) is 9.72. The van der Waals surface area contributed by atoms with E-state index < -0.39 is 28.2 Å². The normalized spacial score (nSPS) is 17.6. The van der Waals surface area contributed by atoms with Crippen LogP contribution in [0.1, 0.15) is 49.2 Å². The molecule has 2 unspecified atom stereocenters. The number of rotatable bonds is 7. The third-order valence-electron chi connectivity index (χ3n) is 7.02. The number of sulfonamides is 1. The van der Waals surface area contributed by atoms with E-state index in [0.717, 1.165) is 31.4 Å². The van der Waals surface area contributed by atoms with E-state index in [2.05, 4.69) is 4.72 Å². The second-order valence-corrected chi connectivity index (χ2v) is 11.8. The number of anilines is 1. The van der Waals surface area contributed by atoms with Crippen molar-refractivity contribution in [1.82, 2.24) is 14.3 Å². The summed E-state index contributed by atoms with van der Waals surface area (Å²) in [6, 6.07) is 12.4. The van der Waals surface area contributed by atoms with Gasteiger partial charge in [-0.3, -0.25) is 19.0 Å². The Balaban J connectivity index is 1.55. The summed E-state index contributed by atoms with van der Waals surface area (Å²) in [6.07, 6.45) is 2.79. The molecule has 0 saturated carbocycles. The number of carbonyl (C=O) groups excluding carboxylic acids is 2. The number of benzene rings is 2. The van der Waals surface area contributed by atoms with Gasteiger partial charge in [-0.1, -0.05) is 29.8 Å². The molecule has 0 aliphatic carbocycles. The van der Waals surface area contributed by atoms with Crippen molar-refractivity contribution in [2.75, 3.05) is 11.3 Å². The summed E-state index contributed by atoms with van der Waals surface area (Å²) in [5.74, 6) is -1.20. The minimum Gasteiger partial charge on any atom is -0.452 e. The smallest absolute Gasteiger partial charge is 0.338 e. The van der Waals surface area contributed by atoms with Gasteiger partial charge in [-0.25, -0.2) is 17.9 Å². The highest BCUT2D eigenvalue weighted by Gasteiger charge is 2.30. The van der Waals surface area contributed by atoms with Gasteiger partial charge in [0.1, 0.15) is 5.69 Å². The number of piperidine rings is 1. The Morgan fingerprint density at radius 2 is 1.72 bits per heavy atom. The molecule has 2 aromatic carbocycles. The molecule has 1 aliphatic rings. The monoisotopic (exact) mass is 574 g/mol. The third-order valence-corrected chi connectivity index (χ3v) is 8.56. The van der Waals surface area contributed by atoms with Crippen molar-refractivity contribution < 1.29 is 22.7 Å². The van der Waals surface area contributed by atoms with E-state index in [1.54, 1.807) is 49.2 Å². The van der Waals surface area contributed by atoms with Crippen LogP contribution in [0.25, 0.3) is 5.69 Å². The lowest BCUT2D eigenvalue weighted by Crippen LogP contribution is -2.49. The number of hydrogen-bond acceptors (Lipinski definition) is 6. The highest BCUT2D eigenvalue weighted by atomic mass is 35.5. The zero-order chi connectivity index (χ0) is 28.5. The second kappa shape index (κ2) is 11.3. The lowest BCUT2D eigenvalue weighted by molar-refractivity contribution is -0.140. The van der Waals surface area contributed by atoms with Crippen LogP contribution in [0.15, 0.2) is 58.2 Å². The average Bonchev–Trinajstić information content (AvgIpc) is 3.09. The van der Waals surface area contributed by atoms with Gasteiger partial charge in [0.25, 0.3) is 21.5 Å². The Labute approximate surface area is 232 Å². The van der Waals surface area contributed by atoms with Crippen molar-refractivity contribution in [1.29, 1.82) is 0 Å². The van der Waals surface area contributed by atoms with E-state index >= 15 is 0 Å². The maximum atomic E-state index is 13.3. The van der Waals surface area contributed by atoms with Crippen LogP contribution >= 0.6 is 11.6 Å². The molecule has 4 rings (SSSR count). The summed E-state index contributed by atoms with van der Waals surface area (Å²) in [6.45, 7) is 5.06. The SMILES string of the molecule is Cc1c(NS(=O)(=O)c2cc(Cl)cc(C(=O)OCC(=O)N3C(C)CCCC3C)c2)c(=O)n(-c2ccccc2)n1C. The topological polar surface area (TPSA) is 120 Å². The molecule has 3 aromatic rings. The summed E-state index contributed by atoms with van der Waals surface area (Å²) in [5, 5.41) is -0.0269. The Hall–Kier alpha value is -3.57. The van der Waals surface area contributed by atoms with Crippen LogP contribution in [-0.4, -0.2) is 53.2 Å². The number of esters is 1. The molecule has 10 nitrogen and oxygen atoms in total. The quantitative estimate of drug-likeness (QED) is 0.428. The Morgan fingerprint density at radius 1 is 1.08 bits per heavy atom. The summed E-state index contributed by atoms with van der Waals surface area (Å²) in [7, 11) is -2.69. The molecular weight excluding hydrogens is 544 g/mol. The predicted molar refractivity (Wildman–Crippen MR) is 148 cm³/mol. The molecule has 2 atom stereocenters. The van der Waals surface area contributed by atoms with Crippen LogP contribution in [-0.2, 0) is 26.6 Å². The molecule has 1 amide bonds. The number of para-hydroxylation sites is 1. The first-order valence-corrected chi connectivity index (χ1v) is 14.4. The Bertz CT molecular complexity index is 1550. The summed E-state index contributed by atoms with van der Waals surface area (Å²) in [4.78, 5) is 40.1. The van der Waals surface area contributed by atoms with E-state index in [1.807, 2.05) is 13.8 Å². The van der Waals surface area contributed by atoms with Gasteiger partial charge in [0.2, 0.25) is 0 Å². The standard InChI is InChI=1S/C27H31ClN4O6S/c1-17-9-8-10-18(2)31(17)24(33)16-38-27(35)20-13-21(28)15-23(14-20)39(36,37)29-25-19(3)30(4)32(26(25)34)22-11-6-5-7-12-22/h5-7,11-15,17-18,29H,8-10,16H2,1-4H3. The van der Waals surface area contributed by atoms with E-state index in [-0.39, 0.29) is 39.2 Å². The van der Waals surface area contributed by atoms with E-state index in [0.29, 0.717) is 11.4 Å². The van der Waals surface area contributed by atoms with Crippen molar-refractivity contribution >= 4 is 39.2 Å². The maximum absolute atomic E-state index is 13.3. The lowest BCUT2D eigenvalue weighted by Gasteiger charge is -2.38. The molecule has 1 N–H and O–H groups in total. The minimum absolute atomic E-state index is 0.0269. The van der Waals surface area contributed by atoms with Gasteiger partial charge in [-0.05, 0) is 70.4 Å². The van der Waals surface area contributed by atoms with Crippen molar-refractivity contribution in [2.45, 2.75) is 57.0 Å². The van der Waals surface area contributed by atoms with Crippen molar-refractivity contribution in [3.05, 3.63) is 75.2 Å². The molecule has 1 fully saturated rings. The first-order chi connectivity index (χ1) is 18.4. The number of amides is 1. The number of halogens is 1. The van der Waals surface area contributed by atoms with Crippen LogP contribution in [0, 0.1) is 6.92 Å². The Morgan fingerprint density at radius 3 is 2.36 bits per heavy atom. The fourth-order valence-corrected chi connectivity index (χ4v) is 6.40. The molecule has 0 radical (unpaired) electrons. The van der Waals surface area contributed by atoms with Crippen molar-refractivity contribution in [3.63, 3.8) is 0 Å². The van der Waals surface area contributed by atoms with Gasteiger partial charge in [0, 0.05) is 24.2 Å². The highest BCUT2D eigenvalue weighted by molar-refractivity contribution is 7.92. The van der Waals surface area contributed by atoms with Gasteiger partial charge in [0.15, 0.2) is 6.61 Å². The minimum atomic E-state index is -4.33. The summed E-state index contributed by atoms with van der Waals surface area (Å²) in [5.41, 5.74) is 0.108. The highest BCUT2D eigenvalue weighted by Crippen LogP contribution is 2.25. The predicted octanol–water partition coefficient (Wildman–Crippen LogP) is 3.88. The van der Waals surface area contributed by atoms with E-state index in [1.165, 1.54) is 15.4 Å². The number of ether oxygens (including phenoxy) is 1. The average molecular weight is 575 g/mol. The first-order valence-electron chi connectivity index (χ1n) is 12.6. The van der Waals surface area contributed by atoms with Gasteiger partial charge in [0.05, 0.1) is 21.8 Å². The van der Waals surface area contributed by atoms with E-state index in [4.69, 9.17) is 16.3 Å². The largest absolute Gasteiger partial charge is 0.452 e.